The Balaban J connectivity index is 1.77. The second-order valence-electron chi connectivity index (χ2n) is 5.77. The van der Waals surface area contributed by atoms with E-state index in [9.17, 15) is 0 Å². The minimum absolute atomic E-state index is 0.787. The van der Waals surface area contributed by atoms with Crippen LogP contribution in [0.2, 0.25) is 5.02 Å². The molecular weight excluding hydrogens is 272 g/mol. The number of benzene rings is 1. The van der Waals surface area contributed by atoms with E-state index in [1.54, 1.807) is 0 Å². The SMILES string of the molecule is Clc1ccc(N2CCOCC2)c(CC2CCNCC2)c1. The van der Waals surface area contributed by atoms with Crippen LogP contribution < -0.4 is 10.2 Å². The van der Waals surface area contributed by atoms with Crippen LogP contribution in [0.5, 0.6) is 0 Å². The maximum atomic E-state index is 6.22. The van der Waals surface area contributed by atoms with Gasteiger partial charge >= 0.3 is 0 Å². The molecule has 0 aliphatic carbocycles. The van der Waals surface area contributed by atoms with Crippen molar-refractivity contribution in [1.82, 2.24) is 5.32 Å². The van der Waals surface area contributed by atoms with Crippen molar-refractivity contribution in [3.8, 4) is 0 Å². The molecule has 1 aromatic carbocycles. The molecular formula is C16H23ClN2O. The Kier molecular flexibility index (Phi) is 4.81. The molecule has 2 aliphatic rings. The third kappa shape index (κ3) is 3.46. The summed E-state index contributed by atoms with van der Waals surface area (Å²) in [5.41, 5.74) is 2.77. The average molecular weight is 295 g/mol. The second kappa shape index (κ2) is 6.79. The molecule has 0 amide bonds. The molecule has 3 nitrogen and oxygen atoms in total. The highest BCUT2D eigenvalue weighted by Gasteiger charge is 2.19. The molecule has 0 atom stereocenters. The standard InChI is InChI=1S/C16H23ClN2O/c17-15-1-2-16(19-7-9-20-10-8-19)14(12-15)11-13-3-5-18-6-4-13/h1-2,12-13,18H,3-11H2. The third-order valence-corrected chi connectivity index (χ3v) is 4.60. The molecule has 0 aromatic heterocycles. The Morgan fingerprint density at radius 2 is 1.95 bits per heavy atom. The zero-order valence-corrected chi connectivity index (χ0v) is 12.7. The molecule has 110 valence electrons. The molecule has 2 fully saturated rings. The first-order chi connectivity index (χ1) is 9.83. The predicted molar refractivity (Wildman–Crippen MR) is 83.8 cm³/mol. The van der Waals surface area contributed by atoms with Gasteiger partial charge in [0.15, 0.2) is 0 Å². The number of piperidine rings is 1. The van der Waals surface area contributed by atoms with Crippen LogP contribution in [-0.4, -0.2) is 39.4 Å². The molecule has 3 rings (SSSR count). The van der Waals surface area contributed by atoms with Crippen LogP contribution in [0.4, 0.5) is 5.69 Å². The van der Waals surface area contributed by atoms with Gasteiger partial charge in [0.25, 0.3) is 0 Å². The summed E-state index contributed by atoms with van der Waals surface area (Å²) < 4.78 is 5.46. The van der Waals surface area contributed by atoms with Gasteiger partial charge < -0.3 is 15.0 Å². The van der Waals surface area contributed by atoms with E-state index in [0.29, 0.717) is 0 Å². The van der Waals surface area contributed by atoms with Crippen LogP contribution in [0.25, 0.3) is 0 Å². The van der Waals surface area contributed by atoms with E-state index in [4.69, 9.17) is 16.3 Å². The molecule has 4 heteroatoms. The molecule has 0 bridgehead atoms. The van der Waals surface area contributed by atoms with E-state index in [2.05, 4.69) is 22.3 Å². The van der Waals surface area contributed by atoms with E-state index in [1.165, 1.54) is 24.1 Å². The van der Waals surface area contributed by atoms with Gasteiger partial charge in [0.05, 0.1) is 13.2 Å². The Hall–Kier alpha value is -0.770. The van der Waals surface area contributed by atoms with Crippen LogP contribution in [0.15, 0.2) is 18.2 Å². The van der Waals surface area contributed by atoms with Crippen molar-refractivity contribution in [1.29, 1.82) is 0 Å². The zero-order chi connectivity index (χ0) is 13.8. The van der Waals surface area contributed by atoms with Crippen molar-refractivity contribution in [2.75, 3.05) is 44.3 Å². The fraction of sp³-hybridized carbons (Fsp3) is 0.625. The molecule has 0 unspecified atom stereocenters. The number of rotatable bonds is 3. The smallest absolute Gasteiger partial charge is 0.0642 e. The van der Waals surface area contributed by atoms with E-state index in [0.717, 1.165) is 56.8 Å². The molecule has 1 N–H and O–H groups in total. The lowest BCUT2D eigenvalue weighted by atomic mass is 9.90. The number of nitrogens with zero attached hydrogens (tertiary/aromatic N) is 1. The molecule has 0 spiro atoms. The van der Waals surface area contributed by atoms with Gasteiger partial charge in [0.2, 0.25) is 0 Å². The average Bonchev–Trinajstić information content (AvgIpc) is 2.49. The van der Waals surface area contributed by atoms with Gasteiger partial charge in [-0.15, -0.1) is 0 Å². The highest BCUT2D eigenvalue weighted by Crippen LogP contribution is 2.29. The van der Waals surface area contributed by atoms with Crippen LogP contribution >= 0.6 is 11.6 Å². The summed E-state index contributed by atoms with van der Waals surface area (Å²) in [5.74, 6) is 0.787. The number of ether oxygens (including phenoxy) is 1. The van der Waals surface area contributed by atoms with E-state index >= 15 is 0 Å². The van der Waals surface area contributed by atoms with Crippen LogP contribution in [0, 0.1) is 5.92 Å². The Bertz CT molecular complexity index is 440. The van der Waals surface area contributed by atoms with Crippen LogP contribution in [0.3, 0.4) is 0 Å². The summed E-state index contributed by atoms with van der Waals surface area (Å²) in [6, 6.07) is 6.36. The minimum Gasteiger partial charge on any atom is -0.378 e. The predicted octanol–water partition coefficient (Wildman–Crippen LogP) is 2.72. The molecule has 2 aliphatic heterocycles. The molecule has 20 heavy (non-hydrogen) atoms. The maximum absolute atomic E-state index is 6.22. The summed E-state index contributed by atoms with van der Waals surface area (Å²) >= 11 is 6.22. The lowest BCUT2D eigenvalue weighted by Crippen LogP contribution is -2.37. The van der Waals surface area contributed by atoms with Crippen molar-refractivity contribution in [2.45, 2.75) is 19.3 Å². The number of halogens is 1. The number of nitrogens with one attached hydrogen (secondary N) is 1. The molecule has 2 saturated heterocycles. The number of hydrogen-bond acceptors (Lipinski definition) is 3. The second-order valence-corrected chi connectivity index (χ2v) is 6.21. The highest BCUT2D eigenvalue weighted by atomic mass is 35.5. The van der Waals surface area contributed by atoms with Gasteiger partial charge in [0, 0.05) is 23.8 Å². The quantitative estimate of drug-likeness (QED) is 0.928. The lowest BCUT2D eigenvalue weighted by molar-refractivity contribution is 0.122. The molecule has 0 radical (unpaired) electrons. The number of hydrogen-bond donors (Lipinski definition) is 1. The minimum atomic E-state index is 0.787. The van der Waals surface area contributed by atoms with Gasteiger partial charge in [-0.1, -0.05) is 11.6 Å². The van der Waals surface area contributed by atoms with Crippen LogP contribution in [-0.2, 0) is 11.2 Å². The summed E-state index contributed by atoms with van der Waals surface area (Å²) in [5, 5.41) is 4.29. The van der Waals surface area contributed by atoms with Crippen molar-refractivity contribution in [3.05, 3.63) is 28.8 Å². The van der Waals surface area contributed by atoms with Gasteiger partial charge in [0.1, 0.15) is 0 Å². The van der Waals surface area contributed by atoms with E-state index < -0.39 is 0 Å². The van der Waals surface area contributed by atoms with Gasteiger partial charge in [-0.05, 0) is 62.0 Å². The monoisotopic (exact) mass is 294 g/mol. The van der Waals surface area contributed by atoms with Crippen molar-refractivity contribution in [3.63, 3.8) is 0 Å². The fourth-order valence-corrected chi connectivity index (χ4v) is 3.42. The Morgan fingerprint density at radius 1 is 1.20 bits per heavy atom. The summed E-state index contributed by atoms with van der Waals surface area (Å²) in [6.07, 6.45) is 3.69. The van der Waals surface area contributed by atoms with Crippen molar-refractivity contribution >= 4 is 17.3 Å². The first-order valence-corrected chi connectivity index (χ1v) is 8.02. The third-order valence-electron chi connectivity index (χ3n) is 4.36. The lowest BCUT2D eigenvalue weighted by Gasteiger charge is -2.32. The molecule has 1 aromatic rings. The Labute approximate surface area is 126 Å². The van der Waals surface area contributed by atoms with Gasteiger partial charge in [-0.3, -0.25) is 0 Å². The first kappa shape index (κ1) is 14.2. The normalized spacial score (nSPS) is 21.1. The Morgan fingerprint density at radius 3 is 2.70 bits per heavy atom. The van der Waals surface area contributed by atoms with Crippen molar-refractivity contribution < 1.29 is 4.74 Å². The van der Waals surface area contributed by atoms with E-state index in [1.807, 2.05) is 6.07 Å². The summed E-state index contributed by atoms with van der Waals surface area (Å²) in [4.78, 5) is 2.44. The number of anilines is 1. The van der Waals surface area contributed by atoms with Gasteiger partial charge in [-0.2, -0.15) is 0 Å². The summed E-state index contributed by atoms with van der Waals surface area (Å²) in [7, 11) is 0. The molecule has 2 heterocycles. The van der Waals surface area contributed by atoms with Gasteiger partial charge in [-0.25, -0.2) is 0 Å². The number of morpholine rings is 1. The van der Waals surface area contributed by atoms with E-state index in [-0.39, 0.29) is 0 Å². The maximum Gasteiger partial charge on any atom is 0.0642 e. The highest BCUT2D eigenvalue weighted by molar-refractivity contribution is 6.30. The summed E-state index contributed by atoms with van der Waals surface area (Å²) in [6.45, 7) is 5.93. The fourth-order valence-electron chi connectivity index (χ4n) is 3.23. The zero-order valence-electron chi connectivity index (χ0n) is 11.9. The van der Waals surface area contributed by atoms with Crippen LogP contribution in [0.1, 0.15) is 18.4 Å². The molecule has 0 saturated carbocycles. The topological polar surface area (TPSA) is 24.5 Å². The first-order valence-electron chi connectivity index (χ1n) is 7.65. The van der Waals surface area contributed by atoms with Crippen molar-refractivity contribution in [2.24, 2.45) is 5.92 Å². The largest absolute Gasteiger partial charge is 0.378 e.